The van der Waals surface area contributed by atoms with Crippen molar-refractivity contribution in [3.8, 4) is 0 Å². The Morgan fingerprint density at radius 2 is 2.58 bits per heavy atom. The van der Waals surface area contributed by atoms with E-state index in [1.807, 2.05) is 6.07 Å². The molecule has 1 aliphatic rings. The maximum Gasteiger partial charge on any atom is 0.160 e. The molecule has 0 aliphatic carbocycles. The number of hydrogen-bond donors (Lipinski definition) is 1. The van der Waals surface area contributed by atoms with Crippen LogP contribution in [0.4, 0.5) is 0 Å². The molecule has 0 aromatic carbocycles. The molecule has 2 heterocycles. The van der Waals surface area contributed by atoms with E-state index in [9.17, 15) is 4.79 Å². The first-order chi connectivity index (χ1) is 5.81. The first-order valence-corrected chi connectivity index (χ1v) is 4.94. The minimum absolute atomic E-state index is 0.424. The summed E-state index contributed by atoms with van der Waals surface area (Å²) in [4.78, 5) is 12.7. The lowest BCUT2D eigenvalue weighted by Crippen LogP contribution is -2.26. The minimum atomic E-state index is 0.424. The van der Waals surface area contributed by atoms with Gasteiger partial charge in [0.25, 0.3) is 0 Å². The number of thiophene rings is 1. The number of carbonyl (C=O) groups excluding carboxylic acids is 1. The van der Waals surface area contributed by atoms with E-state index in [0.717, 1.165) is 24.1 Å². The van der Waals surface area contributed by atoms with Gasteiger partial charge in [0.2, 0.25) is 0 Å². The molecular weight excluding hydrogens is 170 g/mol. The standard InChI is InChI=1S/C9H11NOS/c1-6-9-7(2-3-10-6)4-8(5-11)12-9/h4-6,10H,2-3H2,1H3. The van der Waals surface area contributed by atoms with Crippen LogP contribution in [0.25, 0.3) is 0 Å². The van der Waals surface area contributed by atoms with Crippen molar-refractivity contribution in [3.63, 3.8) is 0 Å². The molecule has 0 amide bonds. The summed E-state index contributed by atoms with van der Waals surface area (Å²) >= 11 is 1.61. The zero-order chi connectivity index (χ0) is 8.55. The van der Waals surface area contributed by atoms with Gasteiger partial charge in [-0.1, -0.05) is 0 Å². The first kappa shape index (κ1) is 7.95. The lowest BCUT2D eigenvalue weighted by Gasteiger charge is -2.19. The minimum Gasteiger partial charge on any atom is -0.309 e. The molecule has 0 saturated heterocycles. The molecule has 1 N–H and O–H groups in total. The normalized spacial score (nSPS) is 21.9. The van der Waals surface area contributed by atoms with Crippen LogP contribution >= 0.6 is 11.3 Å². The van der Waals surface area contributed by atoms with Crippen molar-refractivity contribution in [2.45, 2.75) is 19.4 Å². The largest absolute Gasteiger partial charge is 0.309 e. The van der Waals surface area contributed by atoms with Crippen molar-refractivity contribution < 1.29 is 4.79 Å². The molecule has 1 atom stereocenters. The number of aldehydes is 1. The number of rotatable bonds is 1. The smallest absolute Gasteiger partial charge is 0.160 e. The molecule has 0 bridgehead atoms. The van der Waals surface area contributed by atoms with Gasteiger partial charge in [0, 0.05) is 10.9 Å². The summed E-state index contributed by atoms with van der Waals surface area (Å²) < 4.78 is 0. The van der Waals surface area contributed by atoms with Crippen LogP contribution < -0.4 is 5.32 Å². The Labute approximate surface area is 75.6 Å². The first-order valence-electron chi connectivity index (χ1n) is 4.12. The Morgan fingerprint density at radius 1 is 1.75 bits per heavy atom. The van der Waals surface area contributed by atoms with Crippen LogP contribution in [0.5, 0.6) is 0 Å². The average molecular weight is 181 g/mol. The summed E-state index contributed by atoms with van der Waals surface area (Å²) in [5, 5.41) is 3.37. The van der Waals surface area contributed by atoms with Crippen molar-refractivity contribution in [2.75, 3.05) is 6.54 Å². The molecule has 3 heteroatoms. The van der Waals surface area contributed by atoms with Gasteiger partial charge in [-0.15, -0.1) is 11.3 Å². The zero-order valence-electron chi connectivity index (χ0n) is 6.96. The summed E-state index contributed by atoms with van der Waals surface area (Å²) in [5.74, 6) is 0. The number of nitrogens with one attached hydrogen (secondary N) is 1. The van der Waals surface area contributed by atoms with E-state index >= 15 is 0 Å². The lowest BCUT2D eigenvalue weighted by molar-refractivity contribution is 0.112. The maximum absolute atomic E-state index is 10.5. The van der Waals surface area contributed by atoms with Gasteiger partial charge in [0.05, 0.1) is 4.88 Å². The molecule has 1 aromatic rings. The summed E-state index contributed by atoms with van der Waals surface area (Å²) in [6, 6.07) is 2.44. The predicted molar refractivity (Wildman–Crippen MR) is 49.8 cm³/mol. The number of fused-ring (bicyclic) bond motifs is 1. The predicted octanol–water partition coefficient (Wildman–Crippen LogP) is 1.77. The van der Waals surface area contributed by atoms with Gasteiger partial charge in [0.1, 0.15) is 0 Å². The molecule has 1 unspecified atom stereocenters. The van der Waals surface area contributed by atoms with Crippen LogP contribution in [-0.4, -0.2) is 12.8 Å². The summed E-state index contributed by atoms with van der Waals surface area (Å²) in [6.07, 6.45) is 2.00. The SMILES string of the molecule is CC1NCCc2cc(C=O)sc21. The van der Waals surface area contributed by atoms with E-state index in [-0.39, 0.29) is 0 Å². The van der Waals surface area contributed by atoms with Gasteiger partial charge in [-0.05, 0) is 31.5 Å². The zero-order valence-corrected chi connectivity index (χ0v) is 7.78. The van der Waals surface area contributed by atoms with Crippen molar-refractivity contribution in [3.05, 3.63) is 21.4 Å². The third-order valence-corrected chi connectivity index (χ3v) is 3.50. The Bertz CT molecular complexity index is 305. The van der Waals surface area contributed by atoms with Crippen LogP contribution in [0.3, 0.4) is 0 Å². The third-order valence-electron chi connectivity index (χ3n) is 2.22. The molecule has 2 rings (SSSR count). The summed E-state index contributed by atoms with van der Waals surface area (Å²) in [7, 11) is 0. The summed E-state index contributed by atoms with van der Waals surface area (Å²) in [5.41, 5.74) is 1.35. The second kappa shape index (κ2) is 2.99. The van der Waals surface area contributed by atoms with E-state index in [4.69, 9.17) is 0 Å². The van der Waals surface area contributed by atoms with Crippen LogP contribution in [-0.2, 0) is 6.42 Å². The van der Waals surface area contributed by atoms with Crippen molar-refractivity contribution >= 4 is 17.6 Å². The molecule has 1 aromatic heterocycles. The van der Waals surface area contributed by atoms with Crippen molar-refractivity contribution in [1.29, 1.82) is 0 Å². The topological polar surface area (TPSA) is 29.1 Å². The van der Waals surface area contributed by atoms with Crippen LogP contribution in [0.2, 0.25) is 0 Å². The van der Waals surface area contributed by atoms with Gasteiger partial charge in [-0.25, -0.2) is 0 Å². The van der Waals surface area contributed by atoms with Crippen LogP contribution in [0, 0.1) is 0 Å². The van der Waals surface area contributed by atoms with Crippen molar-refractivity contribution in [1.82, 2.24) is 5.32 Å². The van der Waals surface area contributed by atoms with Gasteiger partial charge >= 0.3 is 0 Å². The molecule has 0 spiro atoms. The van der Waals surface area contributed by atoms with E-state index in [0.29, 0.717) is 6.04 Å². The molecule has 1 aliphatic heterocycles. The fraction of sp³-hybridized carbons (Fsp3) is 0.444. The third kappa shape index (κ3) is 1.19. The molecule has 2 nitrogen and oxygen atoms in total. The fourth-order valence-electron chi connectivity index (χ4n) is 1.60. The highest BCUT2D eigenvalue weighted by atomic mass is 32.1. The number of carbonyl (C=O) groups is 1. The highest BCUT2D eigenvalue weighted by molar-refractivity contribution is 7.13. The van der Waals surface area contributed by atoms with E-state index in [1.54, 1.807) is 11.3 Å². The molecule has 64 valence electrons. The Balaban J connectivity index is 2.43. The number of hydrogen-bond acceptors (Lipinski definition) is 3. The second-order valence-electron chi connectivity index (χ2n) is 3.08. The van der Waals surface area contributed by atoms with E-state index < -0.39 is 0 Å². The highest BCUT2D eigenvalue weighted by Gasteiger charge is 2.18. The van der Waals surface area contributed by atoms with E-state index in [1.165, 1.54) is 10.4 Å². The van der Waals surface area contributed by atoms with Gasteiger partial charge in [-0.2, -0.15) is 0 Å². The van der Waals surface area contributed by atoms with E-state index in [2.05, 4.69) is 12.2 Å². The van der Waals surface area contributed by atoms with Gasteiger partial charge < -0.3 is 5.32 Å². The van der Waals surface area contributed by atoms with Crippen LogP contribution in [0.15, 0.2) is 6.07 Å². The molecule has 12 heavy (non-hydrogen) atoms. The lowest BCUT2D eigenvalue weighted by atomic mass is 10.1. The van der Waals surface area contributed by atoms with Crippen molar-refractivity contribution in [2.24, 2.45) is 0 Å². The monoisotopic (exact) mass is 181 g/mol. The Morgan fingerprint density at radius 3 is 3.25 bits per heavy atom. The van der Waals surface area contributed by atoms with Gasteiger partial charge in [-0.3, -0.25) is 4.79 Å². The maximum atomic E-state index is 10.5. The second-order valence-corrected chi connectivity index (χ2v) is 4.20. The van der Waals surface area contributed by atoms with Gasteiger partial charge in [0.15, 0.2) is 6.29 Å². The highest BCUT2D eigenvalue weighted by Crippen LogP contribution is 2.30. The molecule has 0 radical (unpaired) electrons. The molecule has 0 saturated carbocycles. The summed E-state index contributed by atoms with van der Waals surface area (Å²) in [6.45, 7) is 3.17. The molecular formula is C9H11NOS. The Hall–Kier alpha value is -0.670. The average Bonchev–Trinajstić information content (AvgIpc) is 2.49. The van der Waals surface area contributed by atoms with Crippen LogP contribution in [0.1, 0.15) is 33.1 Å². The quantitative estimate of drug-likeness (QED) is 0.669. The molecule has 0 fully saturated rings. The Kier molecular flexibility index (Phi) is 1.98. The fourth-order valence-corrected chi connectivity index (χ4v) is 2.66.